The number of nitrogens with one attached hydrogen (secondary N) is 2. The summed E-state index contributed by atoms with van der Waals surface area (Å²) in [4.78, 5) is 11.9. The zero-order valence-electron chi connectivity index (χ0n) is 11.4. The Balaban J connectivity index is 1.65. The Bertz CT molecular complexity index is 385. The molecule has 1 fully saturated rings. The molecule has 1 heterocycles. The highest BCUT2D eigenvalue weighted by Crippen LogP contribution is 2.31. The van der Waals surface area contributed by atoms with Gasteiger partial charge >= 0.3 is 0 Å². The Kier molecular flexibility index (Phi) is 4.96. The molecule has 0 aliphatic heterocycles. The molecule has 5 heteroatoms. The van der Waals surface area contributed by atoms with Gasteiger partial charge in [0.15, 0.2) is 0 Å². The fourth-order valence-electron chi connectivity index (χ4n) is 2.66. The van der Waals surface area contributed by atoms with Gasteiger partial charge in [0.1, 0.15) is 0 Å². The molecule has 1 aromatic heterocycles. The topological polar surface area (TPSA) is 78.0 Å². The highest BCUT2D eigenvalue weighted by molar-refractivity contribution is 5.76. The van der Waals surface area contributed by atoms with E-state index in [-0.39, 0.29) is 18.1 Å². The number of carbonyl (C=O) groups is 1. The minimum atomic E-state index is -0.156. The largest absolute Gasteiger partial charge is 0.393 e. The minimum Gasteiger partial charge on any atom is -0.393 e. The van der Waals surface area contributed by atoms with Crippen molar-refractivity contribution >= 4 is 5.91 Å². The lowest BCUT2D eigenvalue weighted by Crippen LogP contribution is -2.46. The van der Waals surface area contributed by atoms with Crippen LogP contribution in [0.4, 0.5) is 0 Å². The molecule has 0 saturated heterocycles. The fourth-order valence-corrected chi connectivity index (χ4v) is 2.66. The Morgan fingerprint density at radius 2 is 2.42 bits per heavy atom. The molecule has 2 rings (SSSR count). The monoisotopic (exact) mass is 265 g/mol. The van der Waals surface area contributed by atoms with Crippen LogP contribution in [0.5, 0.6) is 0 Å². The van der Waals surface area contributed by atoms with Gasteiger partial charge in [-0.2, -0.15) is 5.10 Å². The standard InChI is InChI=1S/C14H23N3O2/c1-2-13(11-6-12(18)7-11)17-14(19)5-3-4-10-8-15-16-9-10/h8-9,11-13,18H,2-7H2,1H3,(H,15,16)(H,17,19). The lowest BCUT2D eigenvalue weighted by molar-refractivity contribution is -0.123. The number of H-pyrrole nitrogens is 1. The number of aromatic amines is 1. The van der Waals surface area contributed by atoms with Crippen molar-refractivity contribution in [1.82, 2.24) is 15.5 Å². The fraction of sp³-hybridized carbons (Fsp3) is 0.714. The van der Waals surface area contributed by atoms with Crippen LogP contribution in [0.15, 0.2) is 12.4 Å². The Morgan fingerprint density at radius 1 is 1.63 bits per heavy atom. The van der Waals surface area contributed by atoms with Crippen LogP contribution in [0.2, 0.25) is 0 Å². The van der Waals surface area contributed by atoms with E-state index in [2.05, 4.69) is 22.4 Å². The molecule has 106 valence electrons. The van der Waals surface area contributed by atoms with Gasteiger partial charge in [0, 0.05) is 18.7 Å². The summed E-state index contributed by atoms with van der Waals surface area (Å²) in [5.74, 6) is 0.578. The summed E-state index contributed by atoms with van der Waals surface area (Å²) in [6, 6.07) is 0.227. The molecular weight excluding hydrogens is 242 g/mol. The van der Waals surface area contributed by atoms with Crippen LogP contribution in [-0.2, 0) is 11.2 Å². The van der Waals surface area contributed by atoms with Crippen LogP contribution in [0.3, 0.4) is 0 Å². The van der Waals surface area contributed by atoms with Gasteiger partial charge in [-0.1, -0.05) is 6.92 Å². The van der Waals surface area contributed by atoms with E-state index in [1.807, 2.05) is 6.20 Å². The van der Waals surface area contributed by atoms with Gasteiger partial charge in [-0.15, -0.1) is 0 Å². The predicted octanol–water partition coefficient (Wildman–Crippen LogP) is 1.40. The van der Waals surface area contributed by atoms with Crippen LogP contribution in [-0.4, -0.2) is 33.4 Å². The summed E-state index contributed by atoms with van der Waals surface area (Å²) in [6.07, 6.45) is 8.36. The van der Waals surface area contributed by atoms with Gasteiger partial charge in [0.25, 0.3) is 0 Å². The summed E-state index contributed by atoms with van der Waals surface area (Å²) in [7, 11) is 0. The molecule has 1 amide bonds. The summed E-state index contributed by atoms with van der Waals surface area (Å²) < 4.78 is 0. The number of aliphatic hydroxyl groups is 1. The van der Waals surface area contributed by atoms with Crippen LogP contribution >= 0.6 is 0 Å². The predicted molar refractivity (Wildman–Crippen MR) is 72.5 cm³/mol. The molecule has 0 aromatic carbocycles. The van der Waals surface area contributed by atoms with E-state index in [0.717, 1.165) is 37.7 Å². The smallest absolute Gasteiger partial charge is 0.220 e. The van der Waals surface area contributed by atoms with E-state index in [1.54, 1.807) is 6.20 Å². The highest BCUT2D eigenvalue weighted by atomic mass is 16.3. The van der Waals surface area contributed by atoms with E-state index in [1.165, 1.54) is 0 Å². The summed E-state index contributed by atoms with van der Waals surface area (Å²) in [6.45, 7) is 2.08. The summed E-state index contributed by atoms with van der Waals surface area (Å²) >= 11 is 0. The van der Waals surface area contributed by atoms with Crippen molar-refractivity contribution in [1.29, 1.82) is 0 Å². The first-order valence-electron chi connectivity index (χ1n) is 7.14. The molecule has 0 spiro atoms. The molecule has 0 bridgehead atoms. The van der Waals surface area contributed by atoms with Gasteiger partial charge < -0.3 is 10.4 Å². The highest BCUT2D eigenvalue weighted by Gasteiger charge is 2.33. The average molecular weight is 265 g/mol. The molecule has 19 heavy (non-hydrogen) atoms. The number of nitrogens with zero attached hydrogens (tertiary/aromatic N) is 1. The maximum atomic E-state index is 11.9. The lowest BCUT2D eigenvalue weighted by atomic mass is 9.76. The van der Waals surface area contributed by atoms with Crippen molar-refractivity contribution in [3.8, 4) is 0 Å². The Morgan fingerprint density at radius 3 is 3.00 bits per heavy atom. The van der Waals surface area contributed by atoms with E-state index < -0.39 is 0 Å². The van der Waals surface area contributed by atoms with Crippen LogP contribution in [0, 0.1) is 5.92 Å². The number of carbonyl (C=O) groups excluding carboxylic acids is 1. The molecule has 1 aliphatic rings. The third-order valence-corrected chi connectivity index (χ3v) is 3.93. The van der Waals surface area contributed by atoms with Gasteiger partial charge in [-0.05, 0) is 43.6 Å². The first-order chi connectivity index (χ1) is 9.19. The molecule has 1 aliphatic carbocycles. The molecule has 5 nitrogen and oxygen atoms in total. The van der Waals surface area contributed by atoms with Crippen LogP contribution < -0.4 is 5.32 Å². The molecule has 1 aromatic rings. The third-order valence-electron chi connectivity index (χ3n) is 3.93. The molecule has 0 radical (unpaired) electrons. The molecule has 1 unspecified atom stereocenters. The van der Waals surface area contributed by atoms with Crippen molar-refractivity contribution in [3.63, 3.8) is 0 Å². The number of aromatic nitrogens is 2. The molecule has 1 atom stereocenters. The van der Waals surface area contributed by atoms with Crippen molar-refractivity contribution < 1.29 is 9.90 Å². The van der Waals surface area contributed by atoms with Gasteiger partial charge in [-0.3, -0.25) is 9.89 Å². The first kappa shape index (κ1) is 14.1. The quantitative estimate of drug-likeness (QED) is 0.697. The zero-order chi connectivity index (χ0) is 13.7. The number of aliphatic hydroxyl groups excluding tert-OH is 1. The normalized spacial score (nSPS) is 23.7. The zero-order valence-corrected chi connectivity index (χ0v) is 11.4. The summed E-state index contributed by atoms with van der Waals surface area (Å²) in [5.41, 5.74) is 1.14. The SMILES string of the molecule is CCC(NC(=O)CCCc1cn[nH]c1)C1CC(O)C1. The second-order valence-electron chi connectivity index (χ2n) is 5.43. The first-order valence-corrected chi connectivity index (χ1v) is 7.14. The van der Waals surface area contributed by atoms with E-state index in [0.29, 0.717) is 12.3 Å². The lowest BCUT2D eigenvalue weighted by Gasteiger charge is -2.37. The van der Waals surface area contributed by atoms with E-state index in [9.17, 15) is 9.90 Å². The van der Waals surface area contributed by atoms with Crippen molar-refractivity contribution in [3.05, 3.63) is 18.0 Å². The van der Waals surface area contributed by atoms with Gasteiger partial charge in [0.2, 0.25) is 5.91 Å². The molecule has 3 N–H and O–H groups in total. The van der Waals surface area contributed by atoms with Crippen LogP contribution in [0.25, 0.3) is 0 Å². The number of rotatable bonds is 7. The molecular formula is C14H23N3O2. The van der Waals surface area contributed by atoms with Crippen molar-refractivity contribution in [2.75, 3.05) is 0 Å². The molecule has 1 saturated carbocycles. The Hall–Kier alpha value is -1.36. The van der Waals surface area contributed by atoms with Gasteiger partial charge in [-0.25, -0.2) is 0 Å². The van der Waals surface area contributed by atoms with Gasteiger partial charge in [0.05, 0.1) is 12.3 Å². The Labute approximate surface area is 113 Å². The van der Waals surface area contributed by atoms with E-state index >= 15 is 0 Å². The van der Waals surface area contributed by atoms with Crippen molar-refractivity contribution in [2.24, 2.45) is 5.92 Å². The maximum absolute atomic E-state index is 11.9. The van der Waals surface area contributed by atoms with Crippen LogP contribution in [0.1, 0.15) is 44.6 Å². The average Bonchev–Trinajstić information content (AvgIpc) is 2.85. The minimum absolute atomic E-state index is 0.122. The summed E-state index contributed by atoms with van der Waals surface area (Å²) in [5, 5.41) is 19.1. The second kappa shape index (κ2) is 6.70. The van der Waals surface area contributed by atoms with Crippen molar-refractivity contribution in [2.45, 2.75) is 57.6 Å². The number of hydrogen-bond donors (Lipinski definition) is 3. The maximum Gasteiger partial charge on any atom is 0.220 e. The third kappa shape index (κ3) is 4.06. The number of hydrogen-bond acceptors (Lipinski definition) is 3. The second-order valence-corrected chi connectivity index (χ2v) is 5.43. The number of amides is 1. The number of aryl methyl sites for hydroxylation is 1. The van der Waals surface area contributed by atoms with E-state index in [4.69, 9.17) is 0 Å².